The molecule has 2 aliphatic rings. The lowest BCUT2D eigenvalue weighted by molar-refractivity contribution is 0.192. The molecule has 1 aliphatic carbocycles. The third kappa shape index (κ3) is 1.93. The van der Waals surface area contributed by atoms with Crippen LogP contribution in [0.4, 0.5) is 0 Å². The van der Waals surface area contributed by atoms with E-state index in [1.807, 2.05) is 0 Å². The first kappa shape index (κ1) is 12.0. The van der Waals surface area contributed by atoms with Crippen LogP contribution in [-0.4, -0.2) is 12.6 Å². The van der Waals surface area contributed by atoms with E-state index in [9.17, 15) is 0 Å². The molecular formula is C16H23NO. The van der Waals surface area contributed by atoms with Crippen LogP contribution in [0.3, 0.4) is 0 Å². The van der Waals surface area contributed by atoms with Gasteiger partial charge in [0.25, 0.3) is 0 Å². The highest BCUT2D eigenvalue weighted by Gasteiger charge is 2.34. The molecular weight excluding hydrogens is 222 g/mol. The summed E-state index contributed by atoms with van der Waals surface area (Å²) in [5.74, 6) is 1.09. The van der Waals surface area contributed by atoms with E-state index < -0.39 is 0 Å². The van der Waals surface area contributed by atoms with Gasteiger partial charge >= 0.3 is 0 Å². The van der Waals surface area contributed by atoms with Crippen LogP contribution in [-0.2, 0) is 11.8 Å². The minimum Gasteiger partial charge on any atom is -0.490 e. The van der Waals surface area contributed by atoms with Crippen LogP contribution < -0.4 is 10.5 Å². The Labute approximate surface area is 110 Å². The Balaban J connectivity index is 1.94. The minimum atomic E-state index is 0.248. The summed E-state index contributed by atoms with van der Waals surface area (Å²) in [6, 6.07) is 6.77. The van der Waals surface area contributed by atoms with Crippen molar-refractivity contribution in [3.63, 3.8) is 0 Å². The van der Waals surface area contributed by atoms with Crippen LogP contribution in [0.2, 0.25) is 0 Å². The van der Waals surface area contributed by atoms with E-state index in [4.69, 9.17) is 10.5 Å². The highest BCUT2D eigenvalue weighted by atomic mass is 16.5. The lowest BCUT2D eigenvalue weighted by atomic mass is 9.78. The number of ether oxygens (including phenoxy) is 1. The first-order valence-corrected chi connectivity index (χ1v) is 7.24. The maximum absolute atomic E-state index is 6.07. The third-order valence-corrected chi connectivity index (χ3v) is 4.77. The van der Waals surface area contributed by atoms with Crippen LogP contribution in [0, 0.1) is 0 Å². The Kier molecular flexibility index (Phi) is 3.06. The lowest BCUT2D eigenvalue weighted by Gasteiger charge is -2.30. The van der Waals surface area contributed by atoms with Gasteiger partial charge < -0.3 is 10.5 Å². The summed E-state index contributed by atoms with van der Waals surface area (Å²) in [5.41, 5.74) is 9.14. The van der Waals surface area contributed by atoms with E-state index in [0.717, 1.165) is 25.1 Å². The van der Waals surface area contributed by atoms with Gasteiger partial charge in [-0.2, -0.15) is 0 Å². The zero-order valence-electron chi connectivity index (χ0n) is 11.2. The Morgan fingerprint density at radius 3 is 2.83 bits per heavy atom. The van der Waals surface area contributed by atoms with E-state index in [-0.39, 0.29) is 5.41 Å². The lowest BCUT2D eigenvalue weighted by Crippen LogP contribution is -2.32. The number of nitrogens with two attached hydrogens (primary N) is 1. The molecule has 2 heteroatoms. The quantitative estimate of drug-likeness (QED) is 0.868. The van der Waals surface area contributed by atoms with Crippen LogP contribution >= 0.6 is 0 Å². The second-order valence-electron chi connectivity index (χ2n) is 5.98. The molecule has 2 nitrogen and oxygen atoms in total. The molecule has 18 heavy (non-hydrogen) atoms. The number of benzene rings is 1. The van der Waals surface area contributed by atoms with Crippen molar-refractivity contribution < 1.29 is 4.74 Å². The average Bonchev–Trinajstić information content (AvgIpc) is 2.88. The van der Waals surface area contributed by atoms with Gasteiger partial charge in [-0.25, -0.2) is 0 Å². The van der Waals surface area contributed by atoms with Gasteiger partial charge in [-0.05, 0) is 49.8 Å². The fourth-order valence-corrected chi connectivity index (χ4v) is 3.52. The molecule has 0 radical (unpaired) electrons. The molecule has 2 N–H and O–H groups in total. The fourth-order valence-electron chi connectivity index (χ4n) is 3.52. The maximum Gasteiger partial charge on any atom is 0.122 e. The molecule has 0 spiro atoms. The Hall–Kier alpha value is -1.02. The molecule has 0 aromatic heterocycles. The Morgan fingerprint density at radius 2 is 2.11 bits per heavy atom. The molecule has 1 atom stereocenters. The number of rotatable bonds is 2. The van der Waals surface area contributed by atoms with Crippen LogP contribution in [0.1, 0.15) is 50.2 Å². The van der Waals surface area contributed by atoms with Crippen molar-refractivity contribution >= 4 is 0 Å². The summed E-state index contributed by atoms with van der Waals surface area (Å²) < 4.78 is 5.88. The van der Waals surface area contributed by atoms with Crippen molar-refractivity contribution in [1.29, 1.82) is 0 Å². The number of fused-ring (bicyclic) bond motifs is 1. The zero-order chi connectivity index (χ0) is 12.6. The Bertz CT molecular complexity index is 435. The number of aryl methyl sites for hydroxylation is 1. The molecule has 0 saturated heterocycles. The standard InChI is InChI=1S/C16H23NO/c1-12-4-5-13-10-14(6-7-15(13)18-12)16(11-17)8-2-3-9-16/h6-7,10,12H,2-5,8-9,11,17H2,1H3. The molecule has 1 aliphatic heterocycles. The summed E-state index contributed by atoms with van der Waals surface area (Å²) in [4.78, 5) is 0. The monoisotopic (exact) mass is 245 g/mol. The van der Waals surface area contributed by atoms with E-state index in [2.05, 4.69) is 25.1 Å². The third-order valence-electron chi connectivity index (χ3n) is 4.77. The highest BCUT2D eigenvalue weighted by Crippen LogP contribution is 2.42. The molecule has 1 heterocycles. The van der Waals surface area contributed by atoms with Crippen molar-refractivity contribution in [2.45, 2.75) is 57.0 Å². The second kappa shape index (κ2) is 4.58. The van der Waals surface area contributed by atoms with Gasteiger partial charge in [-0.3, -0.25) is 0 Å². The van der Waals surface area contributed by atoms with E-state index in [1.165, 1.54) is 36.8 Å². The van der Waals surface area contributed by atoms with E-state index in [1.54, 1.807) is 0 Å². The number of hydrogen-bond donors (Lipinski definition) is 1. The highest BCUT2D eigenvalue weighted by molar-refractivity contribution is 5.42. The van der Waals surface area contributed by atoms with Gasteiger partial charge in [0.1, 0.15) is 5.75 Å². The molecule has 1 aromatic rings. The fraction of sp³-hybridized carbons (Fsp3) is 0.625. The Morgan fingerprint density at radius 1 is 1.33 bits per heavy atom. The summed E-state index contributed by atoms with van der Waals surface area (Å²) in [7, 11) is 0. The van der Waals surface area contributed by atoms with Crippen molar-refractivity contribution in [1.82, 2.24) is 0 Å². The molecule has 98 valence electrons. The smallest absolute Gasteiger partial charge is 0.122 e. The summed E-state index contributed by atoms with van der Waals surface area (Å²) >= 11 is 0. The summed E-state index contributed by atoms with van der Waals surface area (Å²) in [6.07, 6.45) is 7.78. The zero-order valence-corrected chi connectivity index (χ0v) is 11.2. The summed E-state index contributed by atoms with van der Waals surface area (Å²) in [5, 5.41) is 0. The van der Waals surface area contributed by atoms with Gasteiger partial charge in [-0.1, -0.05) is 25.0 Å². The SMILES string of the molecule is CC1CCc2cc(C3(CN)CCCC3)ccc2O1. The van der Waals surface area contributed by atoms with Crippen molar-refractivity contribution in [2.24, 2.45) is 5.73 Å². The average molecular weight is 245 g/mol. The van der Waals surface area contributed by atoms with Gasteiger partial charge in [0, 0.05) is 12.0 Å². The van der Waals surface area contributed by atoms with Gasteiger partial charge in [-0.15, -0.1) is 0 Å². The number of hydrogen-bond acceptors (Lipinski definition) is 2. The van der Waals surface area contributed by atoms with Crippen LogP contribution in [0.25, 0.3) is 0 Å². The molecule has 0 amide bonds. The predicted molar refractivity (Wildman–Crippen MR) is 74.1 cm³/mol. The molecule has 0 bridgehead atoms. The van der Waals surface area contributed by atoms with Crippen molar-refractivity contribution in [3.8, 4) is 5.75 Å². The minimum absolute atomic E-state index is 0.248. The predicted octanol–water partition coefficient (Wildman–Crippen LogP) is 3.17. The normalized spacial score (nSPS) is 25.6. The second-order valence-corrected chi connectivity index (χ2v) is 5.98. The first-order chi connectivity index (χ1) is 8.73. The topological polar surface area (TPSA) is 35.2 Å². The molecule has 1 fully saturated rings. The van der Waals surface area contributed by atoms with E-state index in [0.29, 0.717) is 6.10 Å². The largest absolute Gasteiger partial charge is 0.490 e. The molecule has 3 rings (SSSR count). The van der Waals surface area contributed by atoms with Crippen molar-refractivity contribution in [3.05, 3.63) is 29.3 Å². The van der Waals surface area contributed by atoms with Crippen LogP contribution in [0.5, 0.6) is 5.75 Å². The molecule has 1 saturated carbocycles. The summed E-state index contributed by atoms with van der Waals surface area (Å²) in [6.45, 7) is 2.93. The van der Waals surface area contributed by atoms with Gasteiger partial charge in [0.05, 0.1) is 6.10 Å². The molecule has 1 unspecified atom stereocenters. The van der Waals surface area contributed by atoms with Crippen molar-refractivity contribution in [2.75, 3.05) is 6.54 Å². The van der Waals surface area contributed by atoms with E-state index >= 15 is 0 Å². The first-order valence-electron chi connectivity index (χ1n) is 7.24. The van der Waals surface area contributed by atoms with Gasteiger partial charge in [0.15, 0.2) is 0 Å². The maximum atomic E-state index is 6.07. The van der Waals surface area contributed by atoms with Crippen LogP contribution in [0.15, 0.2) is 18.2 Å². The molecule has 1 aromatic carbocycles. The van der Waals surface area contributed by atoms with Gasteiger partial charge in [0.2, 0.25) is 0 Å².